The zero-order chi connectivity index (χ0) is 13.2. The van der Waals surface area contributed by atoms with Crippen LogP contribution in [0, 0.1) is 37.5 Å². The Hall–Kier alpha value is -1.22. The zero-order valence-electron chi connectivity index (χ0n) is 11.0. The van der Waals surface area contributed by atoms with Gasteiger partial charge in [0.2, 0.25) is 0 Å². The standard InChI is InChI=1S/C16H17N2O/c1-18-10-14(12-6-8-17-9-7-12)15(11-18)16(19)13-4-2-3-5-13/h2-9,14-15H,10-11H2,1H3. The summed E-state index contributed by atoms with van der Waals surface area (Å²) in [6.07, 6.45) is 11.3. The SMILES string of the molecule is CN1CC(C(=O)[C]2[CH][CH][CH][CH]2)C(c2ccncc2)C1. The highest BCUT2D eigenvalue weighted by molar-refractivity contribution is 6.00. The van der Waals surface area contributed by atoms with Crippen molar-refractivity contribution in [1.29, 1.82) is 0 Å². The number of carbonyl (C=O) groups is 1. The Morgan fingerprint density at radius 3 is 2.58 bits per heavy atom. The van der Waals surface area contributed by atoms with Crippen LogP contribution in [0.15, 0.2) is 24.5 Å². The molecule has 1 aromatic heterocycles. The number of Topliss-reactive ketones (excluding diaryl/α,β-unsaturated/α-hetero) is 1. The van der Waals surface area contributed by atoms with Crippen molar-refractivity contribution < 1.29 is 4.79 Å². The third kappa shape index (κ3) is 2.57. The summed E-state index contributed by atoms with van der Waals surface area (Å²) in [5, 5.41) is 0. The van der Waals surface area contributed by atoms with Crippen LogP contribution in [0.5, 0.6) is 0 Å². The van der Waals surface area contributed by atoms with Crippen molar-refractivity contribution in [3.05, 3.63) is 61.7 Å². The number of pyridine rings is 1. The number of likely N-dealkylation sites (N-methyl/N-ethyl adjacent to an activating group) is 1. The first-order valence-electron chi connectivity index (χ1n) is 6.60. The average Bonchev–Trinajstić information content (AvgIpc) is 3.08. The van der Waals surface area contributed by atoms with Crippen molar-refractivity contribution in [2.24, 2.45) is 5.92 Å². The molecule has 1 saturated heterocycles. The van der Waals surface area contributed by atoms with E-state index < -0.39 is 0 Å². The lowest BCUT2D eigenvalue weighted by Crippen LogP contribution is -2.26. The van der Waals surface area contributed by atoms with Crippen LogP contribution in [-0.2, 0) is 4.79 Å². The van der Waals surface area contributed by atoms with E-state index in [0.717, 1.165) is 19.0 Å². The van der Waals surface area contributed by atoms with Gasteiger partial charge in [0.05, 0.1) is 0 Å². The summed E-state index contributed by atoms with van der Waals surface area (Å²) < 4.78 is 0. The molecule has 2 fully saturated rings. The molecule has 0 spiro atoms. The predicted molar refractivity (Wildman–Crippen MR) is 73.4 cm³/mol. The van der Waals surface area contributed by atoms with E-state index in [2.05, 4.69) is 16.9 Å². The number of hydrogen-bond donors (Lipinski definition) is 0. The van der Waals surface area contributed by atoms with Crippen LogP contribution in [0.3, 0.4) is 0 Å². The summed E-state index contributed by atoms with van der Waals surface area (Å²) in [5.74, 6) is 1.42. The van der Waals surface area contributed by atoms with Gasteiger partial charge in [-0.3, -0.25) is 9.78 Å². The number of nitrogens with zero attached hydrogens (tertiary/aromatic N) is 2. The minimum Gasteiger partial charge on any atom is -0.305 e. The maximum atomic E-state index is 12.6. The van der Waals surface area contributed by atoms with Gasteiger partial charge in [0.25, 0.3) is 0 Å². The van der Waals surface area contributed by atoms with Crippen molar-refractivity contribution >= 4 is 5.78 Å². The van der Waals surface area contributed by atoms with Crippen LogP contribution in [0.4, 0.5) is 0 Å². The van der Waals surface area contributed by atoms with Gasteiger partial charge < -0.3 is 4.90 Å². The van der Waals surface area contributed by atoms with Crippen LogP contribution < -0.4 is 0 Å². The highest BCUT2D eigenvalue weighted by Crippen LogP contribution is 2.37. The molecule has 2 aliphatic rings. The third-order valence-electron chi connectivity index (χ3n) is 3.92. The second-order valence-electron chi connectivity index (χ2n) is 5.25. The molecule has 0 bridgehead atoms. The molecule has 1 aliphatic heterocycles. The van der Waals surface area contributed by atoms with Crippen molar-refractivity contribution in [3.8, 4) is 0 Å². The lowest BCUT2D eigenvalue weighted by molar-refractivity contribution is -0.120. The number of carbonyl (C=O) groups excluding carboxylic acids is 1. The smallest absolute Gasteiger partial charge is 0.145 e. The first-order chi connectivity index (χ1) is 9.25. The van der Waals surface area contributed by atoms with E-state index in [1.807, 2.05) is 37.8 Å². The minimum atomic E-state index is 0.0507. The largest absolute Gasteiger partial charge is 0.305 e. The predicted octanol–water partition coefficient (Wildman–Crippen LogP) is 1.70. The number of hydrogen-bond acceptors (Lipinski definition) is 3. The summed E-state index contributed by atoms with van der Waals surface area (Å²) in [5.41, 5.74) is 1.21. The highest BCUT2D eigenvalue weighted by atomic mass is 16.1. The molecule has 3 rings (SSSR count). The summed E-state index contributed by atoms with van der Waals surface area (Å²) in [4.78, 5) is 18.9. The maximum absolute atomic E-state index is 12.6. The number of likely N-dealkylation sites (tertiary alicyclic amines) is 1. The molecular formula is C16H17N2O. The molecule has 3 nitrogen and oxygen atoms in total. The van der Waals surface area contributed by atoms with E-state index in [1.54, 1.807) is 12.4 Å². The fourth-order valence-electron chi connectivity index (χ4n) is 2.97. The molecular weight excluding hydrogens is 236 g/mol. The third-order valence-corrected chi connectivity index (χ3v) is 3.92. The van der Waals surface area contributed by atoms with Crippen molar-refractivity contribution in [2.75, 3.05) is 20.1 Å². The first-order valence-corrected chi connectivity index (χ1v) is 6.60. The molecule has 1 saturated carbocycles. The van der Waals surface area contributed by atoms with Gasteiger partial charge in [-0.1, -0.05) is 0 Å². The fourth-order valence-corrected chi connectivity index (χ4v) is 2.97. The Kier molecular flexibility index (Phi) is 3.65. The van der Waals surface area contributed by atoms with Gasteiger partial charge in [-0.2, -0.15) is 0 Å². The Balaban J connectivity index is 1.80. The fraction of sp³-hybridized carbons (Fsp3) is 0.312. The summed E-state index contributed by atoms with van der Waals surface area (Å²) >= 11 is 0. The Morgan fingerprint density at radius 1 is 1.21 bits per heavy atom. The van der Waals surface area contributed by atoms with Crippen LogP contribution >= 0.6 is 0 Å². The second kappa shape index (κ2) is 5.41. The van der Waals surface area contributed by atoms with E-state index >= 15 is 0 Å². The van der Waals surface area contributed by atoms with Gasteiger partial charge in [0.15, 0.2) is 0 Å². The van der Waals surface area contributed by atoms with Crippen molar-refractivity contribution in [2.45, 2.75) is 5.92 Å². The number of rotatable bonds is 3. The second-order valence-corrected chi connectivity index (χ2v) is 5.25. The Labute approximate surface area is 115 Å². The van der Waals surface area contributed by atoms with Gasteiger partial charge in [-0.05, 0) is 50.4 Å². The van der Waals surface area contributed by atoms with Gasteiger partial charge in [0, 0.05) is 43.2 Å². The summed E-state index contributed by atoms with van der Waals surface area (Å²) in [6.45, 7) is 1.76. The summed E-state index contributed by atoms with van der Waals surface area (Å²) in [6, 6.07) is 4.05. The first kappa shape index (κ1) is 12.8. The molecule has 3 heteroatoms. The molecule has 2 unspecified atom stereocenters. The van der Waals surface area contributed by atoms with E-state index in [4.69, 9.17) is 0 Å². The monoisotopic (exact) mass is 253 g/mol. The average molecular weight is 253 g/mol. The van der Waals surface area contributed by atoms with Gasteiger partial charge in [-0.25, -0.2) is 0 Å². The van der Waals surface area contributed by atoms with Crippen molar-refractivity contribution in [3.63, 3.8) is 0 Å². The van der Waals surface area contributed by atoms with E-state index in [1.165, 1.54) is 5.56 Å². The van der Waals surface area contributed by atoms with Crippen molar-refractivity contribution in [1.82, 2.24) is 9.88 Å². The number of ketones is 1. The zero-order valence-corrected chi connectivity index (χ0v) is 11.0. The Morgan fingerprint density at radius 2 is 1.89 bits per heavy atom. The molecule has 1 aromatic rings. The number of aromatic nitrogens is 1. The van der Waals surface area contributed by atoms with Crippen LogP contribution in [0.2, 0.25) is 0 Å². The molecule has 5 radical (unpaired) electrons. The lowest BCUT2D eigenvalue weighted by Gasteiger charge is -2.20. The maximum Gasteiger partial charge on any atom is 0.145 e. The van der Waals surface area contributed by atoms with Gasteiger partial charge >= 0.3 is 0 Å². The van der Waals surface area contributed by atoms with Crippen LogP contribution in [-0.4, -0.2) is 35.8 Å². The molecule has 1 aliphatic carbocycles. The minimum absolute atomic E-state index is 0.0507. The van der Waals surface area contributed by atoms with Crippen LogP contribution in [0.1, 0.15) is 11.5 Å². The van der Waals surface area contributed by atoms with E-state index in [0.29, 0.717) is 0 Å². The quantitative estimate of drug-likeness (QED) is 0.822. The molecule has 97 valence electrons. The van der Waals surface area contributed by atoms with Gasteiger partial charge in [0.1, 0.15) is 5.78 Å². The molecule has 0 aromatic carbocycles. The lowest BCUT2D eigenvalue weighted by atomic mass is 9.81. The molecule has 0 N–H and O–H groups in total. The molecule has 2 atom stereocenters. The van der Waals surface area contributed by atoms with Gasteiger partial charge in [-0.15, -0.1) is 0 Å². The molecule has 0 amide bonds. The topological polar surface area (TPSA) is 33.2 Å². The Bertz CT molecular complexity index is 439. The summed E-state index contributed by atoms with van der Waals surface area (Å²) in [7, 11) is 2.08. The molecule has 2 heterocycles. The highest BCUT2D eigenvalue weighted by Gasteiger charge is 2.40. The van der Waals surface area contributed by atoms with E-state index in [9.17, 15) is 4.79 Å². The normalized spacial score (nSPS) is 28.9. The molecule has 19 heavy (non-hydrogen) atoms. The van der Waals surface area contributed by atoms with Crippen LogP contribution in [0.25, 0.3) is 0 Å². The van der Waals surface area contributed by atoms with E-state index in [-0.39, 0.29) is 17.6 Å².